The van der Waals surface area contributed by atoms with Gasteiger partial charge < -0.3 is 5.11 Å². The van der Waals surface area contributed by atoms with Gasteiger partial charge in [-0.05, 0) is 55.4 Å². The third-order valence-corrected chi connectivity index (χ3v) is 4.68. The molecule has 1 atom stereocenters. The average molecular weight is 323 g/mol. The molecule has 104 valence electrons. The number of rotatable bonds is 3. The lowest BCUT2D eigenvalue weighted by Crippen LogP contribution is -2.05. The van der Waals surface area contributed by atoms with Gasteiger partial charge in [-0.3, -0.25) is 0 Å². The zero-order chi connectivity index (χ0) is 13.8. The van der Waals surface area contributed by atoms with Gasteiger partial charge in [-0.2, -0.15) is 0 Å². The number of halogens is 1. The van der Waals surface area contributed by atoms with E-state index >= 15 is 0 Å². The molecule has 1 unspecified atom stereocenters. The van der Waals surface area contributed by atoms with Crippen molar-refractivity contribution in [3.63, 3.8) is 0 Å². The second kappa shape index (κ2) is 6.71. The monoisotopic (exact) mass is 322 g/mol. The minimum Gasteiger partial charge on any atom is -0.389 e. The Labute approximate surface area is 124 Å². The van der Waals surface area contributed by atoms with Crippen molar-refractivity contribution in [2.24, 2.45) is 0 Å². The lowest BCUT2D eigenvalue weighted by Gasteiger charge is -2.23. The Morgan fingerprint density at radius 1 is 1.32 bits per heavy atom. The topological polar surface area (TPSA) is 20.2 Å². The first-order valence-corrected chi connectivity index (χ1v) is 8.03. The fraction of sp³-hybridized carbons (Fsp3) is 0.529. The van der Waals surface area contributed by atoms with Crippen LogP contribution < -0.4 is 0 Å². The summed E-state index contributed by atoms with van der Waals surface area (Å²) in [6.07, 6.45) is 8.25. The summed E-state index contributed by atoms with van der Waals surface area (Å²) in [6.45, 7) is 3.84. The molecule has 0 bridgehead atoms. The summed E-state index contributed by atoms with van der Waals surface area (Å²) in [5.74, 6) is 0.721. The number of aliphatic hydroxyl groups is 1. The molecule has 0 aliphatic heterocycles. The van der Waals surface area contributed by atoms with Gasteiger partial charge in [0.05, 0.1) is 6.10 Å². The van der Waals surface area contributed by atoms with E-state index in [0.717, 1.165) is 11.5 Å². The van der Waals surface area contributed by atoms with E-state index in [2.05, 4.69) is 41.1 Å². The van der Waals surface area contributed by atoms with Crippen LogP contribution >= 0.6 is 15.9 Å². The summed E-state index contributed by atoms with van der Waals surface area (Å²) in [5, 5.41) is 9.42. The molecule has 0 aromatic heterocycles. The van der Waals surface area contributed by atoms with Crippen molar-refractivity contribution in [1.82, 2.24) is 0 Å². The van der Waals surface area contributed by atoms with Crippen LogP contribution in [0.1, 0.15) is 63.0 Å². The first-order valence-electron chi connectivity index (χ1n) is 7.24. The minimum absolute atomic E-state index is 0.392. The molecular weight excluding hydrogens is 300 g/mol. The van der Waals surface area contributed by atoms with Crippen LogP contribution in [-0.2, 0) is 0 Å². The Kier molecular flexibility index (Phi) is 5.23. The molecule has 0 saturated heterocycles. The maximum absolute atomic E-state index is 9.42. The Morgan fingerprint density at radius 3 is 2.58 bits per heavy atom. The standard InChI is InChI=1S/C17H23BrO/c1-12(10-13(2)19)15-8-9-16(17(18)11-15)14-6-4-3-5-7-14/h8-11,13-14,19H,3-7H2,1-2H3/b12-10+. The van der Waals surface area contributed by atoms with Gasteiger partial charge >= 0.3 is 0 Å². The third kappa shape index (κ3) is 3.93. The summed E-state index contributed by atoms with van der Waals surface area (Å²) in [6, 6.07) is 6.63. The fourth-order valence-electron chi connectivity index (χ4n) is 2.98. The van der Waals surface area contributed by atoms with Crippen LogP contribution in [-0.4, -0.2) is 11.2 Å². The summed E-state index contributed by atoms with van der Waals surface area (Å²) in [7, 11) is 0. The quantitative estimate of drug-likeness (QED) is 0.802. The van der Waals surface area contributed by atoms with Crippen molar-refractivity contribution in [3.05, 3.63) is 39.9 Å². The molecule has 0 amide bonds. The van der Waals surface area contributed by atoms with Gasteiger partial charge in [-0.25, -0.2) is 0 Å². The predicted molar refractivity (Wildman–Crippen MR) is 85.3 cm³/mol. The van der Waals surface area contributed by atoms with Crippen LogP contribution in [0.2, 0.25) is 0 Å². The van der Waals surface area contributed by atoms with Crippen LogP contribution in [0.3, 0.4) is 0 Å². The lowest BCUT2D eigenvalue weighted by molar-refractivity contribution is 0.244. The maximum atomic E-state index is 9.42. The molecule has 2 heteroatoms. The molecule has 0 radical (unpaired) electrons. The zero-order valence-electron chi connectivity index (χ0n) is 11.8. The van der Waals surface area contributed by atoms with E-state index < -0.39 is 6.10 Å². The van der Waals surface area contributed by atoms with E-state index in [1.807, 2.05) is 6.08 Å². The van der Waals surface area contributed by atoms with Crippen molar-refractivity contribution in [1.29, 1.82) is 0 Å². The number of hydrogen-bond acceptors (Lipinski definition) is 1. The van der Waals surface area contributed by atoms with Crippen molar-refractivity contribution < 1.29 is 5.11 Å². The van der Waals surface area contributed by atoms with Gasteiger partial charge in [0, 0.05) is 4.47 Å². The van der Waals surface area contributed by atoms with E-state index in [-0.39, 0.29) is 0 Å². The number of allylic oxidation sites excluding steroid dienone is 1. The van der Waals surface area contributed by atoms with Crippen molar-refractivity contribution in [3.8, 4) is 0 Å². The molecule has 1 aliphatic rings. The van der Waals surface area contributed by atoms with E-state index in [4.69, 9.17) is 0 Å². The molecule has 1 fully saturated rings. The Morgan fingerprint density at radius 2 is 2.00 bits per heavy atom. The Balaban J connectivity index is 2.21. The van der Waals surface area contributed by atoms with Crippen molar-refractivity contribution >= 4 is 21.5 Å². The first kappa shape index (κ1) is 14.8. The number of aliphatic hydroxyl groups excluding tert-OH is 1. The number of hydrogen-bond donors (Lipinski definition) is 1. The van der Waals surface area contributed by atoms with Gasteiger partial charge in [0.15, 0.2) is 0 Å². The first-order chi connectivity index (χ1) is 9.08. The highest BCUT2D eigenvalue weighted by Crippen LogP contribution is 2.37. The third-order valence-electron chi connectivity index (χ3n) is 3.99. The van der Waals surface area contributed by atoms with E-state index in [1.165, 1.54) is 47.7 Å². The van der Waals surface area contributed by atoms with E-state index in [0.29, 0.717) is 0 Å². The molecule has 0 spiro atoms. The smallest absolute Gasteiger partial charge is 0.0698 e. The molecule has 1 aromatic carbocycles. The van der Waals surface area contributed by atoms with Crippen LogP contribution in [0.15, 0.2) is 28.7 Å². The summed E-state index contributed by atoms with van der Waals surface area (Å²) in [4.78, 5) is 0. The highest BCUT2D eigenvalue weighted by atomic mass is 79.9. The fourth-order valence-corrected chi connectivity index (χ4v) is 3.68. The van der Waals surface area contributed by atoms with E-state index in [9.17, 15) is 5.11 Å². The SMILES string of the molecule is C/C(=C\C(C)O)c1ccc(C2CCCCC2)c(Br)c1. The molecular formula is C17H23BrO. The van der Waals surface area contributed by atoms with Crippen molar-refractivity contribution in [2.45, 2.75) is 58.0 Å². The highest BCUT2D eigenvalue weighted by Gasteiger charge is 2.17. The zero-order valence-corrected chi connectivity index (χ0v) is 13.4. The second-order valence-electron chi connectivity index (χ2n) is 5.66. The summed E-state index contributed by atoms with van der Waals surface area (Å²) < 4.78 is 1.22. The summed E-state index contributed by atoms with van der Waals surface area (Å²) >= 11 is 3.73. The van der Waals surface area contributed by atoms with Crippen molar-refractivity contribution in [2.75, 3.05) is 0 Å². The summed E-state index contributed by atoms with van der Waals surface area (Å²) in [5.41, 5.74) is 3.77. The lowest BCUT2D eigenvalue weighted by atomic mass is 9.83. The van der Waals surface area contributed by atoms with Crippen LogP contribution in [0, 0.1) is 0 Å². The van der Waals surface area contributed by atoms with Gasteiger partial charge in [0.1, 0.15) is 0 Å². The van der Waals surface area contributed by atoms with Gasteiger partial charge in [0.2, 0.25) is 0 Å². The predicted octanol–water partition coefficient (Wildman–Crippen LogP) is 5.28. The molecule has 0 heterocycles. The average Bonchev–Trinajstić information content (AvgIpc) is 2.38. The van der Waals surface area contributed by atoms with Gasteiger partial charge in [0.25, 0.3) is 0 Å². The largest absolute Gasteiger partial charge is 0.389 e. The molecule has 2 rings (SSSR count). The number of benzene rings is 1. The molecule has 1 aromatic rings. The van der Waals surface area contributed by atoms with Crippen LogP contribution in [0.5, 0.6) is 0 Å². The van der Waals surface area contributed by atoms with E-state index in [1.54, 1.807) is 6.92 Å². The second-order valence-corrected chi connectivity index (χ2v) is 6.52. The minimum atomic E-state index is -0.392. The Bertz CT molecular complexity index is 456. The van der Waals surface area contributed by atoms with Crippen LogP contribution in [0.25, 0.3) is 5.57 Å². The molecule has 1 aliphatic carbocycles. The molecule has 1 N–H and O–H groups in total. The van der Waals surface area contributed by atoms with Crippen LogP contribution in [0.4, 0.5) is 0 Å². The Hall–Kier alpha value is -0.600. The maximum Gasteiger partial charge on any atom is 0.0698 e. The highest BCUT2D eigenvalue weighted by molar-refractivity contribution is 9.10. The molecule has 1 saturated carbocycles. The molecule has 19 heavy (non-hydrogen) atoms. The van der Waals surface area contributed by atoms with Gasteiger partial charge in [-0.15, -0.1) is 0 Å². The normalized spacial score (nSPS) is 19.5. The molecule has 1 nitrogen and oxygen atoms in total. The van der Waals surface area contributed by atoms with Gasteiger partial charge in [-0.1, -0.05) is 53.4 Å².